The molecule has 0 aliphatic rings. The van der Waals surface area contributed by atoms with Crippen molar-refractivity contribution in [2.75, 3.05) is 0 Å². The van der Waals surface area contributed by atoms with E-state index in [1.165, 1.54) is 38.5 Å². The van der Waals surface area contributed by atoms with Crippen LogP contribution in [0.5, 0.6) is 0 Å². The molecule has 24 heavy (non-hydrogen) atoms. The summed E-state index contributed by atoms with van der Waals surface area (Å²) < 4.78 is 2.33. The number of aryl methyl sites for hydroxylation is 1. The van der Waals surface area contributed by atoms with Crippen LogP contribution in [0.2, 0.25) is 0 Å². The minimum Gasteiger partial charge on any atom is -0.344 e. The Balaban J connectivity index is 2.06. The van der Waals surface area contributed by atoms with Crippen molar-refractivity contribution < 1.29 is 0 Å². The van der Waals surface area contributed by atoms with Crippen LogP contribution in [0.4, 0.5) is 0 Å². The predicted molar refractivity (Wildman–Crippen MR) is 105 cm³/mol. The molecule has 3 aromatic carbocycles. The molecule has 0 amide bonds. The maximum atomic E-state index is 2.33. The highest BCUT2D eigenvalue weighted by Crippen LogP contribution is 2.37. The first-order valence-corrected chi connectivity index (χ1v) is 8.54. The van der Waals surface area contributed by atoms with E-state index in [2.05, 4.69) is 99.1 Å². The molecular weight excluding hydrogens is 290 g/mol. The zero-order valence-corrected chi connectivity index (χ0v) is 14.8. The number of rotatable bonds is 1. The summed E-state index contributed by atoms with van der Waals surface area (Å²) in [6.45, 7) is 6.87. The molecule has 4 rings (SSSR count). The normalized spacial score (nSPS) is 12.2. The van der Waals surface area contributed by atoms with Gasteiger partial charge in [0, 0.05) is 28.9 Å². The van der Waals surface area contributed by atoms with Gasteiger partial charge in [-0.05, 0) is 34.2 Å². The van der Waals surface area contributed by atoms with E-state index in [-0.39, 0.29) is 5.41 Å². The second-order valence-electron chi connectivity index (χ2n) is 7.61. The second kappa shape index (κ2) is 5.24. The molecule has 1 heterocycles. The van der Waals surface area contributed by atoms with Crippen LogP contribution in [0.3, 0.4) is 0 Å². The third-order valence-electron chi connectivity index (χ3n) is 4.95. The Labute approximate surface area is 143 Å². The lowest BCUT2D eigenvalue weighted by Crippen LogP contribution is -2.11. The SMILES string of the molecule is Cn1c2cc(-c3ccccc3)ccc2c2c(C(C)(C)C)cccc21. The first-order chi connectivity index (χ1) is 11.5. The molecule has 0 fully saturated rings. The second-order valence-corrected chi connectivity index (χ2v) is 7.61. The smallest absolute Gasteiger partial charge is 0.0495 e. The van der Waals surface area contributed by atoms with Crippen LogP contribution in [0.1, 0.15) is 26.3 Å². The van der Waals surface area contributed by atoms with E-state index in [9.17, 15) is 0 Å². The van der Waals surface area contributed by atoms with Gasteiger partial charge in [0.25, 0.3) is 0 Å². The third-order valence-corrected chi connectivity index (χ3v) is 4.95. The summed E-state index contributed by atoms with van der Waals surface area (Å²) in [7, 11) is 2.17. The van der Waals surface area contributed by atoms with Crippen molar-refractivity contribution in [2.24, 2.45) is 7.05 Å². The standard InChI is InChI=1S/C23H23N/c1-23(2,3)19-11-8-12-20-22(19)18-14-13-17(15-21(18)24(20)4)16-9-6-5-7-10-16/h5-15H,1-4H3. The molecule has 0 bridgehead atoms. The fraction of sp³-hybridized carbons (Fsp3) is 0.217. The minimum absolute atomic E-state index is 0.131. The Morgan fingerprint density at radius 2 is 1.46 bits per heavy atom. The third kappa shape index (κ3) is 2.24. The van der Waals surface area contributed by atoms with Gasteiger partial charge in [0.15, 0.2) is 0 Å². The predicted octanol–water partition coefficient (Wildman–Crippen LogP) is 6.30. The highest BCUT2D eigenvalue weighted by Gasteiger charge is 2.20. The van der Waals surface area contributed by atoms with Crippen LogP contribution in [-0.2, 0) is 12.5 Å². The molecule has 1 nitrogen and oxygen atoms in total. The highest BCUT2D eigenvalue weighted by atomic mass is 14.9. The Kier molecular flexibility index (Phi) is 3.28. The molecule has 0 atom stereocenters. The van der Waals surface area contributed by atoms with Gasteiger partial charge >= 0.3 is 0 Å². The van der Waals surface area contributed by atoms with E-state index in [0.29, 0.717) is 0 Å². The average Bonchev–Trinajstić information content (AvgIpc) is 2.87. The lowest BCUT2D eigenvalue weighted by atomic mass is 9.84. The van der Waals surface area contributed by atoms with Gasteiger partial charge in [-0.3, -0.25) is 0 Å². The molecule has 0 spiro atoms. The van der Waals surface area contributed by atoms with E-state index in [4.69, 9.17) is 0 Å². The molecule has 0 saturated heterocycles. The summed E-state index contributed by atoms with van der Waals surface area (Å²) >= 11 is 0. The molecule has 0 aliphatic heterocycles. The Morgan fingerprint density at radius 1 is 0.708 bits per heavy atom. The zero-order chi connectivity index (χ0) is 16.9. The molecule has 0 radical (unpaired) electrons. The molecule has 1 aromatic heterocycles. The number of aromatic nitrogens is 1. The lowest BCUT2D eigenvalue weighted by Gasteiger charge is -2.20. The molecule has 0 aliphatic carbocycles. The van der Waals surface area contributed by atoms with Crippen LogP contribution >= 0.6 is 0 Å². The first kappa shape index (κ1) is 15.0. The van der Waals surface area contributed by atoms with Crippen LogP contribution < -0.4 is 0 Å². The average molecular weight is 313 g/mol. The molecule has 0 saturated carbocycles. The van der Waals surface area contributed by atoms with E-state index in [1.807, 2.05) is 0 Å². The van der Waals surface area contributed by atoms with Crippen molar-refractivity contribution in [3.63, 3.8) is 0 Å². The number of benzene rings is 3. The number of hydrogen-bond acceptors (Lipinski definition) is 0. The van der Waals surface area contributed by atoms with E-state index in [1.54, 1.807) is 0 Å². The van der Waals surface area contributed by atoms with Crippen molar-refractivity contribution in [2.45, 2.75) is 26.2 Å². The summed E-state index contributed by atoms with van der Waals surface area (Å²) in [5, 5.41) is 2.74. The summed E-state index contributed by atoms with van der Waals surface area (Å²) in [5.41, 5.74) is 6.68. The molecule has 1 heteroatoms. The quantitative estimate of drug-likeness (QED) is 0.389. The van der Waals surface area contributed by atoms with Gasteiger partial charge in [0.1, 0.15) is 0 Å². The van der Waals surface area contributed by atoms with Gasteiger partial charge < -0.3 is 4.57 Å². The van der Waals surface area contributed by atoms with Crippen molar-refractivity contribution in [1.29, 1.82) is 0 Å². The Morgan fingerprint density at radius 3 is 2.17 bits per heavy atom. The fourth-order valence-corrected chi connectivity index (χ4v) is 3.69. The van der Waals surface area contributed by atoms with Gasteiger partial charge in [-0.1, -0.05) is 75.4 Å². The van der Waals surface area contributed by atoms with Gasteiger partial charge in [-0.25, -0.2) is 0 Å². The lowest BCUT2D eigenvalue weighted by molar-refractivity contribution is 0.596. The summed E-state index contributed by atoms with van der Waals surface area (Å²) in [6, 6.07) is 24.1. The number of fused-ring (bicyclic) bond motifs is 3. The Bertz CT molecular complexity index is 1030. The highest BCUT2D eigenvalue weighted by molar-refractivity contribution is 6.11. The van der Waals surface area contributed by atoms with Gasteiger partial charge in [0.05, 0.1) is 0 Å². The summed E-state index contributed by atoms with van der Waals surface area (Å²) in [6.07, 6.45) is 0. The zero-order valence-electron chi connectivity index (χ0n) is 14.8. The minimum atomic E-state index is 0.131. The number of nitrogens with zero attached hydrogens (tertiary/aromatic N) is 1. The maximum Gasteiger partial charge on any atom is 0.0495 e. The molecule has 4 aromatic rings. The molecule has 120 valence electrons. The summed E-state index contributed by atoms with van der Waals surface area (Å²) in [4.78, 5) is 0. The van der Waals surface area contributed by atoms with Gasteiger partial charge in [0.2, 0.25) is 0 Å². The van der Waals surface area contributed by atoms with Crippen LogP contribution in [0.15, 0.2) is 66.7 Å². The Hall–Kier alpha value is -2.54. The topological polar surface area (TPSA) is 4.93 Å². The van der Waals surface area contributed by atoms with Crippen molar-refractivity contribution >= 4 is 21.8 Å². The van der Waals surface area contributed by atoms with Crippen LogP contribution in [-0.4, -0.2) is 4.57 Å². The first-order valence-electron chi connectivity index (χ1n) is 8.54. The van der Waals surface area contributed by atoms with Crippen LogP contribution in [0, 0.1) is 0 Å². The largest absolute Gasteiger partial charge is 0.344 e. The van der Waals surface area contributed by atoms with E-state index in [0.717, 1.165) is 0 Å². The van der Waals surface area contributed by atoms with Gasteiger partial charge in [-0.15, -0.1) is 0 Å². The van der Waals surface area contributed by atoms with Crippen molar-refractivity contribution in [1.82, 2.24) is 4.57 Å². The van der Waals surface area contributed by atoms with Crippen molar-refractivity contribution in [3.8, 4) is 11.1 Å². The van der Waals surface area contributed by atoms with Crippen molar-refractivity contribution in [3.05, 3.63) is 72.3 Å². The number of hydrogen-bond donors (Lipinski definition) is 0. The van der Waals surface area contributed by atoms with E-state index >= 15 is 0 Å². The van der Waals surface area contributed by atoms with E-state index < -0.39 is 0 Å². The molecule has 0 N–H and O–H groups in total. The van der Waals surface area contributed by atoms with Crippen LogP contribution in [0.25, 0.3) is 32.9 Å². The molecule has 0 unspecified atom stereocenters. The monoisotopic (exact) mass is 313 g/mol. The maximum absolute atomic E-state index is 2.33. The van der Waals surface area contributed by atoms with Gasteiger partial charge in [-0.2, -0.15) is 0 Å². The molecular formula is C23H23N. The fourth-order valence-electron chi connectivity index (χ4n) is 3.69. The summed E-state index contributed by atoms with van der Waals surface area (Å²) in [5.74, 6) is 0.